The molecule has 0 aromatic heterocycles. The van der Waals surface area contributed by atoms with Crippen LogP contribution in [0.4, 0.5) is 0 Å². The smallest absolute Gasteiger partial charge is 0.311 e. The highest BCUT2D eigenvalue weighted by Crippen LogP contribution is 2.29. The molecule has 0 amide bonds. The number of carboxylic acids is 1. The van der Waals surface area contributed by atoms with Crippen LogP contribution < -0.4 is 0 Å². The van der Waals surface area contributed by atoms with Crippen LogP contribution in [0, 0.1) is 11.8 Å². The number of hydrogen-bond acceptors (Lipinski definition) is 2. The predicted octanol–water partition coefficient (Wildman–Crippen LogP) is 2.27. The number of thiocarbonyl (C=S) groups is 1. The monoisotopic (exact) mass is 186 g/mol. The fraction of sp³-hybridized carbons (Fsp3) is 0.778. The lowest BCUT2D eigenvalue weighted by molar-refractivity contribution is -0.141. The number of aliphatic carboxylic acids is 1. The third-order valence-corrected chi connectivity index (χ3v) is 2.88. The van der Waals surface area contributed by atoms with Gasteiger partial charge in [-0.2, -0.15) is 0 Å². The van der Waals surface area contributed by atoms with Gasteiger partial charge in [-0.3, -0.25) is 4.79 Å². The van der Waals surface area contributed by atoms with Crippen LogP contribution in [0.15, 0.2) is 0 Å². The molecule has 0 saturated heterocycles. The van der Waals surface area contributed by atoms with Gasteiger partial charge in [-0.05, 0) is 24.1 Å². The molecule has 12 heavy (non-hydrogen) atoms. The molecule has 3 heteroatoms. The number of rotatable bonds is 3. The van der Waals surface area contributed by atoms with Gasteiger partial charge in [0.05, 0.1) is 5.92 Å². The van der Waals surface area contributed by atoms with Crippen molar-refractivity contribution in [2.75, 3.05) is 0 Å². The maximum atomic E-state index is 10.7. The Balaban J connectivity index is 2.51. The van der Waals surface area contributed by atoms with Crippen LogP contribution in [0.25, 0.3) is 0 Å². The Bertz CT molecular complexity index is 173. The van der Waals surface area contributed by atoms with E-state index in [0.717, 1.165) is 25.7 Å². The molecule has 0 bridgehead atoms. The van der Waals surface area contributed by atoms with Crippen molar-refractivity contribution < 1.29 is 9.90 Å². The topological polar surface area (TPSA) is 37.3 Å². The second-order valence-corrected chi connectivity index (χ2v) is 3.67. The third kappa shape index (κ3) is 2.27. The molecule has 0 radical (unpaired) electrons. The molecule has 1 aliphatic carbocycles. The molecule has 1 N–H and O–H groups in total. The summed E-state index contributed by atoms with van der Waals surface area (Å²) in [6.45, 7) is 0. The molecule has 2 nitrogen and oxygen atoms in total. The zero-order valence-electron chi connectivity index (χ0n) is 7.03. The first kappa shape index (κ1) is 9.65. The van der Waals surface area contributed by atoms with E-state index in [-0.39, 0.29) is 5.92 Å². The van der Waals surface area contributed by atoms with E-state index in [0.29, 0.717) is 5.92 Å². The zero-order valence-corrected chi connectivity index (χ0v) is 7.85. The summed E-state index contributed by atoms with van der Waals surface area (Å²) in [6, 6.07) is 0. The van der Waals surface area contributed by atoms with Crippen LogP contribution in [0.3, 0.4) is 0 Å². The molecular weight excluding hydrogens is 172 g/mol. The van der Waals surface area contributed by atoms with E-state index in [2.05, 4.69) is 0 Å². The Hall–Kier alpha value is -0.440. The zero-order chi connectivity index (χ0) is 8.97. The summed E-state index contributed by atoms with van der Waals surface area (Å²) < 4.78 is 0. The van der Waals surface area contributed by atoms with E-state index in [9.17, 15) is 4.79 Å². The van der Waals surface area contributed by atoms with Crippen LogP contribution in [0.2, 0.25) is 0 Å². The van der Waals surface area contributed by atoms with Crippen LogP contribution in [-0.4, -0.2) is 16.4 Å². The molecule has 1 fully saturated rings. The van der Waals surface area contributed by atoms with Crippen molar-refractivity contribution in [3.63, 3.8) is 0 Å². The molecule has 1 aliphatic rings. The van der Waals surface area contributed by atoms with E-state index < -0.39 is 5.97 Å². The second kappa shape index (κ2) is 4.55. The summed E-state index contributed by atoms with van der Waals surface area (Å²) in [5, 5.41) is 10.2. The maximum absolute atomic E-state index is 10.7. The maximum Gasteiger partial charge on any atom is 0.311 e. The lowest BCUT2D eigenvalue weighted by atomic mass is 9.81. The van der Waals surface area contributed by atoms with Gasteiger partial charge in [0.15, 0.2) is 0 Å². The van der Waals surface area contributed by atoms with Crippen molar-refractivity contribution in [1.82, 2.24) is 0 Å². The summed E-state index contributed by atoms with van der Waals surface area (Å²) >= 11 is 4.72. The highest BCUT2D eigenvalue weighted by atomic mass is 32.1. The average molecular weight is 186 g/mol. The Morgan fingerprint density at radius 1 is 1.42 bits per heavy atom. The molecule has 68 valence electrons. The fourth-order valence-electron chi connectivity index (χ4n) is 1.86. The van der Waals surface area contributed by atoms with Gasteiger partial charge in [0.25, 0.3) is 0 Å². The highest BCUT2D eigenvalue weighted by Gasteiger charge is 2.26. The Morgan fingerprint density at radius 3 is 2.42 bits per heavy atom. The predicted molar refractivity (Wildman–Crippen MR) is 51.4 cm³/mol. The quantitative estimate of drug-likeness (QED) is 0.687. The van der Waals surface area contributed by atoms with Crippen molar-refractivity contribution in [3.05, 3.63) is 0 Å². The van der Waals surface area contributed by atoms with Gasteiger partial charge in [0.1, 0.15) is 0 Å². The lowest BCUT2D eigenvalue weighted by Crippen LogP contribution is -2.26. The lowest BCUT2D eigenvalue weighted by Gasteiger charge is -2.24. The minimum absolute atomic E-state index is 0.300. The Morgan fingerprint density at radius 2 is 2.00 bits per heavy atom. The summed E-state index contributed by atoms with van der Waals surface area (Å²) in [4.78, 5) is 10.7. The number of carbonyl (C=O) groups is 1. The van der Waals surface area contributed by atoms with Crippen molar-refractivity contribution in [3.8, 4) is 0 Å². The van der Waals surface area contributed by atoms with Gasteiger partial charge in [-0.25, -0.2) is 0 Å². The molecule has 0 aromatic rings. The van der Waals surface area contributed by atoms with Crippen molar-refractivity contribution in [1.29, 1.82) is 0 Å². The molecule has 1 unspecified atom stereocenters. The minimum atomic E-state index is -0.753. The normalized spacial score (nSPS) is 21.7. The Labute approximate surface area is 78.0 Å². The van der Waals surface area contributed by atoms with Crippen molar-refractivity contribution in [2.45, 2.75) is 32.1 Å². The first-order chi connectivity index (χ1) is 5.75. The highest BCUT2D eigenvalue weighted by molar-refractivity contribution is 7.79. The molecule has 0 spiro atoms. The van der Waals surface area contributed by atoms with Gasteiger partial charge in [-0.1, -0.05) is 31.5 Å². The van der Waals surface area contributed by atoms with Crippen LogP contribution in [0.1, 0.15) is 32.1 Å². The van der Waals surface area contributed by atoms with E-state index in [1.165, 1.54) is 11.8 Å². The van der Waals surface area contributed by atoms with Crippen LogP contribution >= 0.6 is 12.2 Å². The van der Waals surface area contributed by atoms with E-state index >= 15 is 0 Å². The van der Waals surface area contributed by atoms with E-state index in [1.807, 2.05) is 0 Å². The first-order valence-corrected chi connectivity index (χ1v) is 4.91. The fourth-order valence-corrected chi connectivity index (χ4v) is 2.20. The summed E-state index contributed by atoms with van der Waals surface area (Å²) in [6.07, 6.45) is 5.64. The average Bonchev–Trinajstić information content (AvgIpc) is 2.07. The largest absolute Gasteiger partial charge is 0.481 e. The Kier molecular flexibility index (Phi) is 3.66. The van der Waals surface area contributed by atoms with Gasteiger partial charge in [0, 0.05) is 0 Å². The summed E-state index contributed by atoms with van der Waals surface area (Å²) in [5.41, 5.74) is 0. The molecule has 0 heterocycles. The van der Waals surface area contributed by atoms with Gasteiger partial charge in [0.2, 0.25) is 0 Å². The molecule has 1 saturated carbocycles. The number of hydrogen-bond donors (Lipinski definition) is 1. The molecular formula is C9H14O2S. The molecule has 1 atom stereocenters. The van der Waals surface area contributed by atoms with Gasteiger partial charge < -0.3 is 5.11 Å². The second-order valence-electron chi connectivity index (χ2n) is 3.40. The molecule has 0 aromatic carbocycles. The SMILES string of the molecule is O=C(O)C(C=S)C1CCCCC1. The minimum Gasteiger partial charge on any atom is -0.481 e. The van der Waals surface area contributed by atoms with Gasteiger partial charge >= 0.3 is 5.97 Å². The van der Waals surface area contributed by atoms with Crippen LogP contribution in [-0.2, 0) is 4.79 Å². The molecule has 0 aliphatic heterocycles. The van der Waals surface area contributed by atoms with Crippen molar-refractivity contribution >= 4 is 23.6 Å². The van der Waals surface area contributed by atoms with Crippen molar-refractivity contribution in [2.24, 2.45) is 11.8 Å². The number of carboxylic acid groups (broad SMARTS) is 1. The third-order valence-electron chi connectivity index (χ3n) is 2.59. The van der Waals surface area contributed by atoms with E-state index in [4.69, 9.17) is 17.3 Å². The van der Waals surface area contributed by atoms with Crippen LogP contribution in [0.5, 0.6) is 0 Å². The molecule has 1 rings (SSSR count). The van der Waals surface area contributed by atoms with E-state index in [1.54, 1.807) is 0 Å². The summed E-state index contributed by atoms with van der Waals surface area (Å²) in [5.74, 6) is -0.842. The first-order valence-electron chi connectivity index (χ1n) is 4.44. The summed E-state index contributed by atoms with van der Waals surface area (Å²) in [7, 11) is 0. The standard InChI is InChI=1S/C9H14O2S/c10-9(11)8(6-12)7-4-2-1-3-5-7/h6-8H,1-5H2,(H,10,11). The van der Waals surface area contributed by atoms with Gasteiger partial charge in [-0.15, -0.1) is 0 Å².